The molecular formula is C18H20N2O3S. The van der Waals surface area contributed by atoms with Gasteiger partial charge < -0.3 is 10.4 Å². The fourth-order valence-electron chi connectivity index (χ4n) is 3.01. The van der Waals surface area contributed by atoms with Gasteiger partial charge in [-0.1, -0.05) is 30.3 Å². The molecule has 0 saturated carbocycles. The average molecular weight is 344 g/mol. The highest BCUT2D eigenvalue weighted by atomic mass is 32.1. The molecule has 0 bridgehead atoms. The summed E-state index contributed by atoms with van der Waals surface area (Å²) in [5.41, 5.74) is 1.21. The van der Waals surface area contributed by atoms with Crippen molar-refractivity contribution >= 4 is 23.2 Å². The molecule has 1 unspecified atom stereocenters. The van der Waals surface area contributed by atoms with Crippen molar-refractivity contribution in [2.45, 2.75) is 32.0 Å². The van der Waals surface area contributed by atoms with E-state index in [1.165, 1.54) is 16.9 Å². The molecule has 2 aromatic rings. The Kier molecular flexibility index (Phi) is 5.27. The van der Waals surface area contributed by atoms with Crippen LogP contribution in [0.3, 0.4) is 0 Å². The van der Waals surface area contributed by atoms with E-state index in [0.717, 1.165) is 30.8 Å². The van der Waals surface area contributed by atoms with Crippen molar-refractivity contribution in [1.29, 1.82) is 0 Å². The van der Waals surface area contributed by atoms with Gasteiger partial charge in [0.2, 0.25) is 5.91 Å². The van der Waals surface area contributed by atoms with E-state index in [2.05, 4.69) is 22.3 Å². The number of hydrogen-bond donors (Lipinski definition) is 2. The van der Waals surface area contributed by atoms with E-state index in [-0.39, 0.29) is 11.9 Å². The Balaban J connectivity index is 1.56. The van der Waals surface area contributed by atoms with Crippen molar-refractivity contribution in [1.82, 2.24) is 10.2 Å². The minimum Gasteiger partial charge on any atom is -0.477 e. The maximum Gasteiger partial charge on any atom is 0.345 e. The molecular weight excluding hydrogens is 324 g/mol. The number of amides is 1. The fourth-order valence-corrected chi connectivity index (χ4v) is 3.80. The number of nitrogens with one attached hydrogen (secondary N) is 1. The van der Waals surface area contributed by atoms with Crippen LogP contribution < -0.4 is 5.32 Å². The highest BCUT2D eigenvalue weighted by Gasteiger charge is 2.30. The summed E-state index contributed by atoms with van der Waals surface area (Å²) in [6.07, 6.45) is 1.89. The summed E-state index contributed by atoms with van der Waals surface area (Å²) in [7, 11) is 0. The Bertz CT molecular complexity index is 714. The van der Waals surface area contributed by atoms with Crippen molar-refractivity contribution in [3.8, 4) is 0 Å². The number of carbonyl (C=O) groups is 2. The van der Waals surface area contributed by atoms with Gasteiger partial charge in [-0.3, -0.25) is 9.69 Å². The first-order valence-electron chi connectivity index (χ1n) is 8.01. The molecule has 1 aromatic heterocycles. The Morgan fingerprint density at radius 1 is 1.21 bits per heavy atom. The molecule has 5 nitrogen and oxygen atoms in total. The lowest BCUT2D eigenvalue weighted by Gasteiger charge is -2.23. The van der Waals surface area contributed by atoms with Crippen LogP contribution in [0.5, 0.6) is 0 Å². The molecule has 1 atom stereocenters. The molecule has 0 radical (unpaired) electrons. The number of nitrogens with zero attached hydrogens (tertiary/aromatic N) is 1. The number of carbonyl (C=O) groups excluding carboxylic acids is 1. The van der Waals surface area contributed by atoms with Gasteiger partial charge in [0, 0.05) is 11.4 Å². The molecule has 2 N–H and O–H groups in total. The second-order valence-corrected chi connectivity index (χ2v) is 7.07. The predicted octanol–water partition coefficient (Wildman–Crippen LogP) is 2.73. The van der Waals surface area contributed by atoms with Gasteiger partial charge in [-0.25, -0.2) is 4.79 Å². The number of carboxylic acid groups (broad SMARTS) is 1. The summed E-state index contributed by atoms with van der Waals surface area (Å²) < 4.78 is 0. The number of carboxylic acids is 1. The fraction of sp³-hybridized carbons (Fsp3) is 0.333. The topological polar surface area (TPSA) is 69.6 Å². The van der Waals surface area contributed by atoms with Gasteiger partial charge in [-0.05, 0) is 37.1 Å². The molecule has 1 saturated heterocycles. The quantitative estimate of drug-likeness (QED) is 0.845. The van der Waals surface area contributed by atoms with Crippen LogP contribution in [0.1, 0.15) is 33.0 Å². The highest BCUT2D eigenvalue weighted by Crippen LogP contribution is 2.21. The van der Waals surface area contributed by atoms with Gasteiger partial charge in [-0.15, -0.1) is 11.3 Å². The normalized spacial score (nSPS) is 17.8. The first-order valence-corrected chi connectivity index (χ1v) is 8.83. The van der Waals surface area contributed by atoms with Gasteiger partial charge in [0.15, 0.2) is 0 Å². The smallest absolute Gasteiger partial charge is 0.345 e. The van der Waals surface area contributed by atoms with Crippen LogP contribution in [0.2, 0.25) is 0 Å². The Labute approximate surface area is 144 Å². The summed E-state index contributed by atoms with van der Waals surface area (Å²) in [5.74, 6) is -0.906. The lowest BCUT2D eigenvalue weighted by atomic mass is 10.1. The van der Waals surface area contributed by atoms with Gasteiger partial charge >= 0.3 is 5.97 Å². The third-order valence-electron chi connectivity index (χ3n) is 4.20. The lowest BCUT2D eigenvalue weighted by Crippen LogP contribution is -2.42. The first kappa shape index (κ1) is 16.7. The minimum atomic E-state index is -0.928. The van der Waals surface area contributed by atoms with E-state index >= 15 is 0 Å². The Hall–Kier alpha value is -2.18. The van der Waals surface area contributed by atoms with E-state index < -0.39 is 5.97 Å². The van der Waals surface area contributed by atoms with Crippen molar-refractivity contribution < 1.29 is 14.7 Å². The molecule has 0 aliphatic carbocycles. The second-order valence-electron chi connectivity index (χ2n) is 5.90. The standard InChI is InChI=1S/C18H20N2O3S/c21-17(19-11-14-8-9-16(24-14)18(22)23)15-7-4-10-20(15)12-13-5-2-1-3-6-13/h1-3,5-6,8-9,15H,4,7,10-12H2,(H,19,21)(H,22,23). The average Bonchev–Trinajstić information content (AvgIpc) is 3.23. The van der Waals surface area contributed by atoms with Crippen LogP contribution >= 0.6 is 11.3 Å². The number of rotatable bonds is 6. The number of likely N-dealkylation sites (tertiary alicyclic amines) is 1. The number of thiophene rings is 1. The number of aromatic carboxylic acids is 1. The zero-order chi connectivity index (χ0) is 16.9. The largest absolute Gasteiger partial charge is 0.477 e. The van der Waals surface area contributed by atoms with Gasteiger partial charge in [0.1, 0.15) is 4.88 Å². The molecule has 1 amide bonds. The summed E-state index contributed by atoms with van der Waals surface area (Å²) in [6, 6.07) is 13.4. The van der Waals surface area contributed by atoms with E-state index in [9.17, 15) is 9.59 Å². The maximum absolute atomic E-state index is 12.5. The lowest BCUT2D eigenvalue weighted by molar-refractivity contribution is -0.125. The van der Waals surface area contributed by atoms with Gasteiger partial charge in [0.05, 0.1) is 12.6 Å². The third-order valence-corrected chi connectivity index (χ3v) is 5.28. The molecule has 24 heavy (non-hydrogen) atoms. The molecule has 126 valence electrons. The molecule has 0 spiro atoms. The van der Waals surface area contributed by atoms with Crippen molar-refractivity contribution in [3.63, 3.8) is 0 Å². The third kappa shape index (κ3) is 4.01. The van der Waals surface area contributed by atoms with Crippen LogP contribution in [0.15, 0.2) is 42.5 Å². The Morgan fingerprint density at radius 2 is 2.00 bits per heavy atom. The highest BCUT2D eigenvalue weighted by molar-refractivity contribution is 7.13. The summed E-state index contributed by atoms with van der Waals surface area (Å²) >= 11 is 1.20. The van der Waals surface area contributed by atoms with Crippen molar-refractivity contribution in [2.75, 3.05) is 6.54 Å². The minimum absolute atomic E-state index is 0.0220. The Morgan fingerprint density at radius 3 is 2.71 bits per heavy atom. The summed E-state index contributed by atoms with van der Waals surface area (Å²) in [4.78, 5) is 26.8. The van der Waals surface area contributed by atoms with E-state index in [1.54, 1.807) is 12.1 Å². The molecule has 1 fully saturated rings. The molecule has 2 heterocycles. The van der Waals surface area contributed by atoms with Crippen molar-refractivity contribution in [2.24, 2.45) is 0 Å². The monoisotopic (exact) mass is 344 g/mol. The van der Waals surface area contributed by atoms with E-state index in [1.807, 2.05) is 18.2 Å². The van der Waals surface area contributed by atoms with Gasteiger partial charge in [0.25, 0.3) is 0 Å². The van der Waals surface area contributed by atoms with E-state index in [4.69, 9.17) is 5.11 Å². The molecule has 1 aliphatic heterocycles. The SMILES string of the molecule is O=C(O)c1ccc(CNC(=O)C2CCCN2Cc2ccccc2)s1. The van der Waals surface area contributed by atoms with Crippen LogP contribution in [-0.4, -0.2) is 34.5 Å². The summed E-state index contributed by atoms with van der Waals surface area (Å²) in [6.45, 7) is 2.09. The zero-order valence-corrected chi connectivity index (χ0v) is 14.1. The maximum atomic E-state index is 12.5. The second kappa shape index (κ2) is 7.59. The zero-order valence-electron chi connectivity index (χ0n) is 13.3. The van der Waals surface area contributed by atoms with Gasteiger partial charge in [-0.2, -0.15) is 0 Å². The molecule has 1 aromatic carbocycles. The van der Waals surface area contributed by atoms with Crippen LogP contribution in [-0.2, 0) is 17.9 Å². The summed E-state index contributed by atoms with van der Waals surface area (Å²) in [5, 5.41) is 11.9. The van der Waals surface area contributed by atoms with Crippen LogP contribution in [0.25, 0.3) is 0 Å². The first-order chi connectivity index (χ1) is 11.6. The number of hydrogen-bond acceptors (Lipinski definition) is 4. The van der Waals surface area contributed by atoms with E-state index in [0.29, 0.717) is 11.4 Å². The predicted molar refractivity (Wildman–Crippen MR) is 93.0 cm³/mol. The van der Waals surface area contributed by atoms with Crippen molar-refractivity contribution in [3.05, 3.63) is 57.8 Å². The number of benzene rings is 1. The van der Waals surface area contributed by atoms with Crippen LogP contribution in [0.4, 0.5) is 0 Å². The molecule has 1 aliphatic rings. The molecule has 6 heteroatoms. The van der Waals surface area contributed by atoms with Crippen LogP contribution in [0, 0.1) is 0 Å². The molecule has 3 rings (SSSR count).